The number of para-hydroxylation sites is 1. The van der Waals surface area contributed by atoms with Gasteiger partial charge in [0.15, 0.2) is 6.61 Å². The number of benzene rings is 1. The number of nitrogens with one attached hydrogen (secondary N) is 2. The summed E-state index contributed by atoms with van der Waals surface area (Å²) in [6.45, 7) is 3.71. The lowest BCUT2D eigenvalue weighted by Gasteiger charge is -2.09. The van der Waals surface area contributed by atoms with Gasteiger partial charge in [0.1, 0.15) is 5.75 Å². The van der Waals surface area contributed by atoms with Gasteiger partial charge in [-0.15, -0.1) is 0 Å². The van der Waals surface area contributed by atoms with Crippen LogP contribution in [0, 0.1) is 0 Å². The van der Waals surface area contributed by atoms with Crippen molar-refractivity contribution in [2.24, 2.45) is 0 Å². The van der Waals surface area contributed by atoms with E-state index in [1.807, 2.05) is 19.9 Å². The number of rotatable bonds is 5. The first-order valence-electron chi connectivity index (χ1n) is 7.16. The molecule has 0 atom stereocenters. The lowest BCUT2D eigenvalue weighted by Crippen LogP contribution is -2.37. The summed E-state index contributed by atoms with van der Waals surface area (Å²) in [5.41, 5.74) is 0.800. The predicted octanol–water partition coefficient (Wildman–Crippen LogP) is 2.33. The van der Waals surface area contributed by atoms with Gasteiger partial charge in [0.25, 0.3) is 5.91 Å². The predicted molar refractivity (Wildman–Crippen MR) is 85.2 cm³/mol. The molecule has 1 aromatic heterocycles. The summed E-state index contributed by atoms with van der Waals surface area (Å²) in [5, 5.41) is 4.57. The van der Waals surface area contributed by atoms with E-state index in [0.29, 0.717) is 5.75 Å². The standard InChI is InChI=1S/C16H18N4O3/c1-11(2)13-8-9-17-15(18-13)20-16(22)19-14(21)10-23-12-6-4-3-5-7-12/h3-9,11H,10H2,1-2H3,(H2,17,18,19,20,21,22). The molecular formula is C16H18N4O3. The molecule has 0 fully saturated rings. The number of hydrogen-bond acceptors (Lipinski definition) is 5. The number of urea groups is 1. The number of imide groups is 1. The highest BCUT2D eigenvalue weighted by atomic mass is 16.5. The Morgan fingerprint density at radius 1 is 1.17 bits per heavy atom. The van der Waals surface area contributed by atoms with E-state index in [1.54, 1.807) is 36.5 Å². The highest BCUT2D eigenvalue weighted by Crippen LogP contribution is 2.11. The highest BCUT2D eigenvalue weighted by Gasteiger charge is 2.11. The molecule has 7 nitrogen and oxygen atoms in total. The zero-order chi connectivity index (χ0) is 16.7. The third kappa shape index (κ3) is 5.39. The zero-order valence-electron chi connectivity index (χ0n) is 12.9. The van der Waals surface area contributed by atoms with E-state index in [4.69, 9.17) is 4.74 Å². The molecule has 120 valence electrons. The Hall–Kier alpha value is -2.96. The van der Waals surface area contributed by atoms with Crippen LogP contribution in [-0.4, -0.2) is 28.5 Å². The van der Waals surface area contributed by atoms with Crippen molar-refractivity contribution in [1.29, 1.82) is 0 Å². The molecule has 0 saturated heterocycles. The lowest BCUT2D eigenvalue weighted by atomic mass is 10.1. The van der Waals surface area contributed by atoms with Gasteiger partial charge in [0.2, 0.25) is 5.95 Å². The van der Waals surface area contributed by atoms with Crippen LogP contribution in [-0.2, 0) is 4.79 Å². The van der Waals surface area contributed by atoms with Gasteiger partial charge in [-0.25, -0.2) is 14.8 Å². The van der Waals surface area contributed by atoms with Gasteiger partial charge in [0.05, 0.1) is 0 Å². The van der Waals surface area contributed by atoms with E-state index >= 15 is 0 Å². The second kappa shape index (κ2) is 7.88. The molecule has 0 aliphatic heterocycles. The fourth-order valence-electron chi connectivity index (χ4n) is 1.72. The monoisotopic (exact) mass is 314 g/mol. The Kier molecular flexibility index (Phi) is 5.62. The summed E-state index contributed by atoms with van der Waals surface area (Å²) in [6.07, 6.45) is 1.55. The number of anilines is 1. The van der Waals surface area contributed by atoms with Gasteiger partial charge in [0, 0.05) is 11.9 Å². The van der Waals surface area contributed by atoms with E-state index in [-0.39, 0.29) is 18.5 Å². The lowest BCUT2D eigenvalue weighted by molar-refractivity contribution is -0.121. The molecule has 7 heteroatoms. The van der Waals surface area contributed by atoms with Crippen LogP contribution in [0.3, 0.4) is 0 Å². The maximum Gasteiger partial charge on any atom is 0.328 e. The minimum atomic E-state index is -0.701. The summed E-state index contributed by atoms with van der Waals surface area (Å²) >= 11 is 0. The van der Waals surface area contributed by atoms with Gasteiger partial charge in [-0.05, 0) is 24.1 Å². The molecule has 0 spiro atoms. The molecule has 2 N–H and O–H groups in total. The van der Waals surface area contributed by atoms with Crippen LogP contribution < -0.4 is 15.4 Å². The molecule has 0 unspecified atom stereocenters. The second-order valence-electron chi connectivity index (χ2n) is 5.06. The molecule has 23 heavy (non-hydrogen) atoms. The molecule has 0 radical (unpaired) electrons. The van der Waals surface area contributed by atoms with E-state index in [9.17, 15) is 9.59 Å². The second-order valence-corrected chi connectivity index (χ2v) is 5.06. The Balaban J connectivity index is 1.82. The molecule has 0 aliphatic rings. The van der Waals surface area contributed by atoms with Gasteiger partial charge >= 0.3 is 6.03 Å². The van der Waals surface area contributed by atoms with Crippen molar-refractivity contribution in [2.75, 3.05) is 11.9 Å². The molecule has 0 aliphatic carbocycles. The van der Waals surface area contributed by atoms with Crippen LogP contribution in [0.25, 0.3) is 0 Å². The maximum atomic E-state index is 11.7. The first-order chi connectivity index (χ1) is 11.0. The fourth-order valence-corrected chi connectivity index (χ4v) is 1.72. The summed E-state index contributed by atoms with van der Waals surface area (Å²) in [5.74, 6) is 0.343. The van der Waals surface area contributed by atoms with Crippen molar-refractivity contribution in [3.63, 3.8) is 0 Å². The van der Waals surface area contributed by atoms with Crippen LogP contribution >= 0.6 is 0 Å². The molecule has 3 amide bonds. The van der Waals surface area contributed by atoms with E-state index in [1.165, 1.54) is 0 Å². The normalized spacial score (nSPS) is 10.2. The van der Waals surface area contributed by atoms with Crippen molar-refractivity contribution >= 4 is 17.9 Å². The summed E-state index contributed by atoms with van der Waals surface area (Å²) in [6, 6.07) is 9.93. The Bertz CT molecular complexity index is 674. The molecule has 1 aromatic carbocycles. The van der Waals surface area contributed by atoms with E-state index in [0.717, 1.165) is 5.69 Å². The molecule has 2 rings (SSSR count). The molecule has 0 bridgehead atoms. The Morgan fingerprint density at radius 3 is 2.61 bits per heavy atom. The van der Waals surface area contributed by atoms with Crippen molar-refractivity contribution < 1.29 is 14.3 Å². The minimum Gasteiger partial charge on any atom is -0.484 e. The third-order valence-corrected chi connectivity index (χ3v) is 2.86. The number of aromatic nitrogens is 2. The van der Waals surface area contributed by atoms with Crippen molar-refractivity contribution in [3.05, 3.63) is 48.3 Å². The third-order valence-electron chi connectivity index (χ3n) is 2.86. The summed E-state index contributed by atoms with van der Waals surface area (Å²) < 4.78 is 5.25. The van der Waals surface area contributed by atoms with Crippen molar-refractivity contribution in [2.45, 2.75) is 19.8 Å². The van der Waals surface area contributed by atoms with Gasteiger partial charge in [-0.1, -0.05) is 32.0 Å². The Morgan fingerprint density at radius 2 is 1.91 bits per heavy atom. The average molecular weight is 314 g/mol. The van der Waals surface area contributed by atoms with Crippen molar-refractivity contribution in [1.82, 2.24) is 15.3 Å². The molecule has 1 heterocycles. The number of carbonyl (C=O) groups excluding carboxylic acids is 2. The van der Waals surface area contributed by atoms with Crippen LogP contribution in [0.5, 0.6) is 5.75 Å². The van der Waals surface area contributed by atoms with Gasteiger partial charge < -0.3 is 4.74 Å². The maximum absolute atomic E-state index is 11.7. The number of ether oxygens (including phenoxy) is 1. The van der Waals surface area contributed by atoms with Gasteiger partial charge in [-0.3, -0.25) is 15.4 Å². The highest BCUT2D eigenvalue weighted by molar-refractivity contribution is 6.00. The number of carbonyl (C=O) groups is 2. The number of amides is 3. The fraction of sp³-hybridized carbons (Fsp3) is 0.250. The molecule has 0 saturated carbocycles. The van der Waals surface area contributed by atoms with Gasteiger partial charge in [-0.2, -0.15) is 0 Å². The molecule has 2 aromatic rings. The topological polar surface area (TPSA) is 93.2 Å². The average Bonchev–Trinajstić information content (AvgIpc) is 2.54. The number of nitrogens with zero attached hydrogens (tertiary/aromatic N) is 2. The quantitative estimate of drug-likeness (QED) is 0.883. The van der Waals surface area contributed by atoms with E-state index < -0.39 is 11.9 Å². The SMILES string of the molecule is CC(C)c1ccnc(NC(=O)NC(=O)COc2ccccc2)n1. The van der Waals surface area contributed by atoms with Crippen LogP contribution in [0.15, 0.2) is 42.6 Å². The smallest absolute Gasteiger partial charge is 0.328 e. The van der Waals surface area contributed by atoms with E-state index in [2.05, 4.69) is 20.6 Å². The minimum absolute atomic E-state index is 0.144. The van der Waals surface area contributed by atoms with Crippen molar-refractivity contribution in [3.8, 4) is 5.75 Å². The molecular weight excluding hydrogens is 296 g/mol. The largest absolute Gasteiger partial charge is 0.484 e. The first-order valence-corrected chi connectivity index (χ1v) is 7.16. The summed E-state index contributed by atoms with van der Waals surface area (Å²) in [7, 11) is 0. The van der Waals surface area contributed by atoms with Crippen LogP contribution in [0.2, 0.25) is 0 Å². The first kappa shape index (κ1) is 16.4. The summed E-state index contributed by atoms with van der Waals surface area (Å²) in [4.78, 5) is 31.5. The van der Waals surface area contributed by atoms with Crippen LogP contribution in [0.1, 0.15) is 25.5 Å². The Labute approximate surface area is 134 Å². The zero-order valence-corrected chi connectivity index (χ0v) is 12.9. The number of hydrogen-bond donors (Lipinski definition) is 2. The van der Waals surface area contributed by atoms with Crippen LogP contribution in [0.4, 0.5) is 10.7 Å².